The Hall–Kier alpha value is 0.657. The van der Waals surface area contributed by atoms with Crippen LogP contribution in [0.1, 0.15) is 27.7 Å². The van der Waals surface area contributed by atoms with Gasteiger partial charge < -0.3 is 4.43 Å². The molecule has 0 aliphatic heterocycles. The summed E-state index contributed by atoms with van der Waals surface area (Å²) < 4.78 is 5.95. The molecule has 3 heteroatoms. The lowest BCUT2D eigenvalue weighted by molar-refractivity contribution is 0.294. The highest BCUT2D eigenvalue weighted by Crippen LogP contribution is 2.36. The zero-order chi connectivity index (χ0) is 9.99. The zero-order valence-corrected chi connectivity index (χ0v) is 11.7. The van der Waals surface area contributed by atoms with E-state index in [-0.39, 0.29) is 0 Å². The summed E-state index contributed by atoms with van der Waals surface area (Å²) in [5.41, 5.74) is 0. The van der Waals surface area contributed by atoms with Crippen molar-refractivity contribution in [3.05, 3.63) is 0 Å². The van der Waals surface area contributed by atoms with Gasteiger partial charge in [-0.25, -0.2) is 0 Å². The maximum absolute atomic E-state index is 5.95. The topological polar surface area (TPSA) is 9.23 Å². The maximum atomic E-state index is 5.95. The van der Waals surface area contributed by atoms with Crippen LogP contribution in [-0.2, 0) is 4.43 Å². The second-order valence-electron chi connectivity index (χ2n) is 4.85. The Labute approximate surface area is 86.1 Å². The van der Waals surface area contributed by atoms with E-state index in [9.17, 15) is 0 Å². The van der Waals surface area contributed by atoms with Crippen molar-refractivity contribution in [3.8, 4) is 0 Å². The largest absolute Gasteiger partial charge is 0.416 e. The molecule has 0 heterocycles. The third-order valence-electron chi connectivity index (χ3n) is 2.48. The van der Waals surface area contributed by atoms with Gasteiger partial charge in [-0.3, -0.25) is 0 Å². The summed E-state index contributed by atoms with van der Waals surface area (Å²) in [7, 11) is -1.50. The first-order valence-electron chi connectivity index (χ1n) is 4.45. The van der Waals surface area contributed by atoms with Gasteiger partial charge in [-0.05, 0) is 18.1 Å². The summed E-state index contributed by atoms with van der Waals surface area (Å²) in [6.07, 6.45) is 0. The van der Waals surface area contributed by atoms with Gasteiger partial charge in [-0.2, -0.15) is 0 Å². The van der Waals surface area contributed by atoms with Crippen LogP contribution < -0.4 is 0 Å². The van der Waals surface area contributed by atoms with E-state index < -0.39 is 8.32 Å². The average molecular weight is 253 g/mol. The summed E-state index contributed by atoms with van der Waals surface area (Å²) in [4.78, 5) is 0.464. The highest BCUT2D eigenvalue weighted by molar-refractivity contribution is 9.09. The molecule has 0 aromatic heterocycles. The van der Waals surface area contributed by atoms with Crippen molar-refractivity contribution in [1.29, 1.82) is 0 Å². The Balaban J connectivity index is 4.05. The van der Waals surface area contributed by atoms with Crippen LogP contribution in [-0.4, -0.2) is 19.8 Å². The lowest BCUT2D eigenvalue weighted by Crippen LogP contribution is -2.41. The quantitative estimate of drug-likeness (QED) is 0.549. The van der Waals surface area contributed by atoms with Crippen molar-refractivity contribution in [2.75, 3.05) is 6.61 Å². The fourth-order valence-corrected chi connectivity index (χ4v) is 2.02. The zero-order valence-electron chi connectivity index (χ0n) is 9.07. The van der Waals surface area contributed by atoms with Crippen LogP contribution in [0.3, 0.4) is 0 Å². The predicted octanol–water partition coefficient (Wildman–Crippen LogP) is 3.79. The lowest BCUT2D eigenvalue weighted by Gasteiger charge is -2.36. The summed E-state index contributed by atoms with van der Waals surface area (Å²) in [6.45, 7) is 14.3. The minimum absolute atomic E-state index is 0.328. The molecule has 1 nitrogen and oxygen atoms in total. The van der Waals surface area contributed by atoms with Crippen LogP contribution in [0.25, 0.3) is 0 Å². The van der Waals surface area contributed by atoms with Crippen molar-refractivity contribution in [2.45, 2.75) is 50.7 Å². The Morgan fingerprint density at radius 2 is 1.75 bits per heavy atom. The van der Waals surface area contributed by atoms with Gasteiger partial charge in [-0.1, -0.05) is 43.6 Å². The van der Waals surface area contributed by atoms with Gasteiger partial charge in [0.2, 0.25) is 0 Å². The average Bonchev–Trinajstić information content (AvgIpc) is 1.81. The standard InChI is InChI=1S/C9H21BrOSi/c1-8(10)7-11-12(5,6)9(2,3)4/h8H,7H2,1-6H3/t8-/m0/s1. The van der Waals surface area contributed by atoms with E-state index in [1.54, 1.807) is 0 Å². The Morgan fingerprint density at radius 1 is 1.33 bits per heavy atom. The van der Waals surface area contributed by atoms with Crippen molar-refractivity contribution in [1.82, 2.24) is 0 Å². The SMILES string of the molecule is C[C@H](Br)CO[Si](C)(C)C(C)(C)C. The number of alkyl halides is 1. The fourth-order valence-electron chi connectivity index (χ4n) is 0.540. The van der Waals surface area contributed by atoms with E-state index in [0.717, 1.165) is 6.61 Å². The molecular formula is C9H21BrOSi. The van der Waals surface area contributed by atoms with E-state index in [2.05, 4.69) is 56.7 Å². The van der Waals surface area contributed by atoms with Crippen LogP contribution in [0.2, 0.25) is 18.1 Å². The van der Waals surface area contributed by atoms with Gasteiger partial charge in [0.05, 0.1) is 0 Å². The summed E-state index contributed by atoms with van der Waals surface area (Å²) in [5, 5.41) is 0.328. The minimum atomic E-state index is -1.50. The molecule has 0 amide bonds. The highest BCUT2D eigenvalue weighted by atomic mass is 79.9. The molecule has 0 saturated carbocycles. The van der Waals surface area contributed by atoms with Crippen LogP contribution in [0.5, 0.6) is 0 Å². The highest BCUT2D eigenvalue weighted by Gasteiger charge is 2.37. The molecule has 1 atom stereocenters. The van der Waals surface area contributed by atoms with Gasteiger partial charge in [-0.15, -0.1) is 0 Å². The van der Waals surface area contributed by atoms with E-state index in [0.29, 0.717) is 9.87 Å². The molecule has 0 radical (unpaired) electrons. The normalized spacial score (nSPS) is 16.2. The molecule has 0 saturated heterocycles. The predicted molar refractivity (Wildman–Crippen MR) is 61.5 cm³/mol. The molecular weight excluding hydrogens is 232 g/mol. The van der Waals surface area contributed by atoms with E-state index >= 15 is 0 Å². The van der Waals surface area contributed by atoms with Gasteiger partial charge in [0.15, 0.2) is 8.32 Å². The molecule has 0 aliphatic carbocycles. The Bertz CT molecular complexity index is 138. The third kappa shape index (κ3) is 4.05. The van der Waals surface area contributed by atoms with Crippen molar-refractivity contribution < 1.29 is 4.43 Å². The van der Waals surface area contributed by atoms with E-state index in [4.69, 9.17) is 4.43 Å². The third-order valence-corrected chi connectivity index (χ3v) is 7.25. The van der Waals surface area contributed by atoms with Gasteiger partial charge in [0.1, 0.15) is 0 Å². The summed E-state index contributed by atoms with van der Waals surface area (Å²) in [5.74, 6) is 0. The van der Waals surface area contributed by atoms with Crippen molar-refractivity contribution in [3.63, 3.8) is 0 Å². The fraction of sp³-hybridized carbons (Fsp3) is 1.00. The summed E-state index contributed by atoms with van der Waals surface area (Å²) >= 11 is 3.49. The molecule has 0 aromatic rings. The van der Waals surface area contributed by atoms with Crippen molar-refractivity contribution >= 4 is 24.2 Å². The second kappa shape index (κ2) is 4.25. The first kappa shape index (κ1) is 12.7. The van der Waals surface area contributed by atoms with Crippen LogP contribution in [0.4, 0.5) is 0 Å². The number of rotatable bonds is 3. The molecule has 0 unspecified atom stereocenters. The second-order valence-corrected chi connectivity index (χ2v) is 11.2. The molecule has 74 valence electrons. The molecule has 0 rings (SSSR count). The first-order valence-corrected chi connectivity index (χ1v) is 8.27. The molecule has 0 spiro atoms. The van der Waals surface area contributed by atoms with Crippen LogP contribution in [0, 0.1) is 0 Å². The molecule has 0 aromatic carbocycles. The van der Waals surface area contributed by atoms with Gasteiger partial charge >= 0.3 is 0 Å². The maximum Gasteiger partial charge on any atom is 0.192 e. The number of hydrogen-bond donors (Lipinski definition) is 0. The number of hydrogen-bond acceptors (Lipinski definition) is 1. The minimum Gasteiger partial charge on any atom is -0.416 e. The van der Waals surface area contributed by atoms with Crippen LogP contribution >= 0.6 is 15.9 Å². The molecule has 0 aliphatic rings. The van der Waals surface area contributed by atoms with Gasteiger partial charge in [0.25, 0.3) is 0 Å². The van der Waals surface area contributed by atoms with Crippen molar-refractivity contribution in [2.24, 2.45) is 0 Å². The van der Waals surface area contributed by atoms with Crippen LogP contribution in [0.15, 0.2) is 0 Å². The Kier molecular flexibility index (Phi) is 4.48. The first-order chi connectivity index (χ1) is 5.17. The molecule has 0 N–H and O–H groups in total. The van der Waals surface area contributed by atoms with E-state index in [1.807, 2.05) is 0 Å². The molecule has 0 fully saturated rings. The monoisotopic (exact) mass is 252 g/mol. The smallest absolute Gasteiger partial charge is 0.192 e. The summed E-state index contributed by atoms with van der Waals surface area (Å²) in [6, 6.07) is 0. The lowest BCUT2D eigenvalue weighted by atomic mass is 10.2. The van der Waals surface area contributed by atoms with Gasteiger partial charge in [0, 0.05) is 11.4 Å². The molecule has 12 heavy (non-hydrogen) atoms. The van der Waals surface area contributed by atoms with E-state index in [1.165, 1.54) is 0 Å². The number of halogens is 1. The molecule has 0 bridgehead atoms. The Morgan fingerprint density at radius 3 is 2.00 bits per heavy atom.